The molecule has 0 saturated carbocycles. The Hall–Kier alpha value is -1.78. The lowest BCUT2D eigenvalue weighted by Crippen LogP contribution is -2.13. The minimum absolute atomic E-state index is 0.110. The summed E-state index contributed by atoms with van der Waals surface area (Å²) in [5, 5.41) is 2.92. The van der Waals surface area contributed by atoms with E-state index in [1.807, 2.05) is 54.8 Å². The van der Waals surface area contributed by atoms with Gasteiger partial charge >= 0.3 is 0 Å². The molecule has 0 unspecified atom stereocenters. The number of rotatable bonds is 5. The molecular formula is C16H17NO2S. The van der Waals surface area contributed by atoms with Crippen molar-refractivity contribution in [3.63, 3.8) is 0 Å². The summed E-state index contributed by atoms with van der Waals surface area (Å²) in [6.07, 6.45) is 2.01. The Morgan fingerprint density at radius 3 is 2.50 bits per heavy atom. The van der Waals surface area contributed by atoms with Crippen molar-refractivity contribution in [1.29, 1.82) is 0 Å². The van der Waals surface area contributed by atoms with E-state index >= 15 is 0 Å². The van der Waals surface area contributed by atoms with Crippen LogP contribution in [0.3, 0.4) is 0 Å². The largest absolute Gasteiger partial charge is 0.380 e. The van der Waals surface area contributed by atoms with Crippen LogP contribution in [-0.2, 0) is 11.3 Å². The lowest BCUT2D eigenvalue weighted by Gasteiger charge is -2.10. The van der Waals surface area contributed by atoms with Crippen LogP contribution < -0.4 is 5.32 Å². The molecule has 20 heavy (non-hydrogen) atoms. The van der Waals surface area contributed by atoms with E-state index in [1.165, 1.54) is 0 Å². The molecule has 0 saturated heterocycles. The zero-order valence-corrected chi connectivity index (χ0v) is 12.4. The van der Waals surface area contributed by atoms with Gasteiger partial charge < -0.3 is 10.1 Å². The number of nitrogens with one attached hydrogen (secondary N) is 1. The third-order valence-electron chi connectivity index (χ3n) is 2.92. The number of methoxy groups -OCH3 is 1. The number of para-hydroxylation sites is 1. The van der Waals surface area contributed by atoms with E-state index < -0.39 is 0 Å². The van der Waals surface area contributed by atoms with E-state index in [4.69, 9.17) is 4.74 Å². The number of amides is 1. The molecule has 0 bridgehead atoms. The second kappa shape index (κ2) is 7.12. The molecule has 1 N–H and O–H groups in total. The Balaban J connectivity index is 2.14. The van der Waals surface area contributed by atoms with E-state index in [-0.39, 0.29) is 5.91 Å². The van der Waals surface area contributed by atoms with E-state index in [0.29, 0.717) is 12.2 Å². The highest BCUT2D eigenvalue weighted by molar-refractivity contribution is 7.98. The van der Waals surface area contributed by atoms with Crippen molar-refractivity contribution >= 4 is 23.4 Å². The van der Waals surface area contributed by atoms with Crippen LogP contribution in [0.1, 0.15) is 15.9 Å². The average molecular weight is 287 g/mol. The first-order valence-electron chi connectivity index (χ1n) is 6.27. The SMILES string of the molecule is COCc1ccccc1NC(=O)c1ccc(SC)cc1. The second-order valence-corrected chi connectivity index (χ2v) is 5.15. The highest BCUT2D eigenvalue weighted by atomic mass is 32.2. The van der Waals surface area contributed by atoms with Gasteiger partial charge in [-0.05, 0) is 36.6 Å². The van der Waals surface area contributed by atoms with Gasteiger partial charge in [0.25, 0.3) is 5.91 Å². The molecule has 2 rings (SSSR count). The number of carbonyl (C=O) groups excluding carboxylic acids is 1. The zero-order valence-electron chi connectivity index (χ0n) is 11.6. The smallest absolute Gasteiger partial charge is 0.255 e. The Kier molecular flexibility index (Phi) is 5.21. The molecule has 4 heteroatoms. The summed E-state index contributed by atoms with van der Waals surface area (Å²) in [7, 11) is 1.64. The van der Waals surface area contributed by atoms with Gasteiger partial charge in [-0.25, -0.2) is 0 Å². The van der Waals surface area contributed by atoms with Crippen molar-refractivity contribution < 1.29 is 9.53 Å². The van der Waals surface area contributed by atoms with Crippen LogP contribution in [0, 0.1) is 0 Å². The number of hydrogen-bond donors (Lipinski definition) is 1. The molecule has 0 radical (unpaired) electrons. The number of ether oxygens (including phenoxy) is 1. The van der Waals surface area contributed by atoms with Gasteiger partial charge in [-0.1, -0.05) is 18.2 Å². The third kappa shape index (κ3) is 3.62. The summed E-state index contributed by atoms with van der Waals surface area (Å²) < 4.78 is 5.13. The van der Waals surface area contributed by atoms with Crippen LogP contribution in [0.15, 0.2) is 53.4 Å². The van der Waals surface area contributed by atoms with E-state index in [9.17, 15) is 4.79 Å². The Morgan fingerprint density at radius 1 is 1.15 bits per heavy atom. The highest BCUT2D eigenvalue weighted by Crippen LogP contribution is 2.18. The van der Waals surface area contributed by atoms with Crippen LogP contribution in [0.25, 0.3) is 0 Å². The van der Waals surface area contributed by atoms with Gasteiger partial charge in [0.05, 0.1) is 6.61 Å². The fraction of sp³-hybridized carbons (Fsp3) is 0.188. The summed E-state index contributed by atoms with van der Waals surface area (Å²) >= 11 is 1.65. The van der Waals surface area contributed by atoms with Crippen molar-refractivity contribution in [1.82, 2.24) is 0 Å². The molecule has 104 valence electrons. The Morgan fingerprint density at radius 2 is 1.85 bits per heavy atom. The maximum atomic E-state index is 12.2. The molecule has 0 fully saturated rings. The summed E-state index contributed by atoms with van der Waals surface area (Å²) in [6.45, 7) is 0.474. The summed E-state index contributed by atoms with van der Waals surface area (Å²) in [6, 6.07) is 15.2. The quantitative estimate of drug-likeness (QED) is 0.850. The van der Waals surface area contributed by atoms with Crippen LogP contribution >= 0.6 is 11.8 Å². The molecule has 3 nitrogen and oxygen atoms in total. The van der Waals surface area contributed by atoms with Gasteiger partial charge in [0, 0.05) is 28.8 Å². The zero-order chi connectivity index (χ0) is 14.4. The molecule has 0 heterocycles. The van der Waals surface area contributed by atoms with Crippen LogP contribution in [0.5, 0.6) is 0 Å². The second-order valence-electron chi connectivity index (χ2n) is 4.27. The number of benzene rings is 2. The minimum Gasteiger partial charge on any atom is -0.380 e. The summed E-state index contributed by atoms with van der Waals surface area (Å²) in [4.78, 5) is 13.4. The van der Waals surface area contributed by atoms with E-state index in [1.54, 1.807) is 18.9 Å². The fourth-order valence-corrected chi connectivity index (χ4v) is 2.27. The van der Waals surface area contributed by atoms with Crippen molar-refractivity contribution in [3.05, 3.63) is 59.7 Å². The molecule has 2 aromatic rings. The first-order chi connectivity index (χ1) is 9.74. The Labute approximate surface area is 123 Å². The van der Waals surface area contributed by atoms with E-state index in [2.05, 4.69) is 5.32 Å². The Bertz CT molecular complexity index is 581. The molecule has 0 atom stereocenters. The maximum Gasteiger partial charge on any atom is 0.255 e. The van der Waals surface area contributed by atoms with Crippen LogP contribution in [0.2, 0.25) is 0 Å². The van der Waals surface area contributed by atoms with Crippen molar-refractivity contribution in [2.45, 2.75) is 11.5 Å². The topological polar surface area (TPSA) is 38.3 Å². The molecule has 1 amide bonds. The summed E-state index contributed by atoms with van der Waals surface area (Å²) in [5.74, 6) is -0.110. The van der Waals surface area contributed by atoms with Crippen molar-refractivity contribution in [2.75, 3.05) is 18.7 Å². The van der Waals surface area contributed by atoms with Gasteiger partial charge in [0.15, 0.2) is 0 Å². The van der Waals surface area contributed by atoms with E-state index in [0.717, 1.165) is 16.1 Å². The predicted octanol–water partition coefficient (Wildman–Crippen LogP) is 3.81. The average Bonchev–Trinajstić information content (AvgIpc) is 2.49. The van der Waals surface area contributed by atoms with Gasteiger partial charge in [-0.2, -0.15) is 0 Å². The number of carbonyl (C=O) groups is 1. The number of anilines is 1. The molecule has 0 aliphatic rings. The monoisotopic (exact) mass is 287 g/mol. The highest BCUT2D eigenvalue weighted by Gasteiger charge is 2.08. The standard InChI is InChI=1S/C16H17NO2S/c1-19-11-13-5-3-4-6-15(13)17-16(18)12-7-9-14(20-2)10-8-12/h3-10H,11H2,1-2H3,(H,17,18). The number of thioether (sulfide) groups is 1. The van der Waals surface area contributed by atoms with Crippen molar-refractivity contribution in [3.8, 4) is 0 Å². The van der Waals surface area contributed by atoms with Gasteiger partial charge in [-0.3, -0.25) is 4.79 Å². The van der Waals surface area contributed by atoms with Crippen LogP contribution in [-0.4, -0.2) is 19.3 Å². The summed E-state index contributed by atoms with van der Waals surface area (Å²) in [5.41, 5.74) is 2.40. The molecule has 2 aromatic carbocycles. The maximum absolute atomic E-state index is 12.2. The minimum atomic E-state index is -0.110. The lowest BCUT2D eigenvalue weighted by atomic mass is 10.1. The third-order valence-corrected chi connectivity index (χ3v) is 3.66. The molecular weight excluding hydrogens is 270 g/mol. The van der Waals surface area contributed by atoms with Gasteiger partial charge in [-0.15, -0.1) is 11.8 Å². The van der Waals surface area contributed by atoms with Gasteiger partial charge in [0.2, 0.25) is 0 Å². The fourth-order valence-electron chi connectivity index (χ4n) is 1.86. The molecule has 0 aliphatic carbocycles. The predicted molar refractivity (Wildman–Crippen MR) is 83.3 cm³/mol. The first kappa shape index (κ1) is 14.6. The van der Waals surface area contributed by atoms with Crippen molar-refractivity contribution in [2.24, 2.45) is 0 Å². The normalized spacial score (nSPS) is 10.3. The first-order valence-corrected chi connectivity index (χ1v) is 7.49. The molecule has 0 spiro atoms. The number of hydrogen-bond acceptors (Lipinski definition) is 3. The lowest BCUT2D eigenvalue weighted by molar-refractivity contribution is 0.102. The molecule has 0 aliphatic heterocycles. The van der Waals surface area contributed by atoms with Gasteiger partial charge in [0.1, 0.15) is 0 Å². The molecule has 0 aromatic heterocycles. The van der Waals surface area contributed by atoms with Crippen LogP contribution in [0.4, 0.5) is 5.69 Å².